The predicted octanol–water partition coefficient (Wildman–Crippen LogP) is 4.23. The topological polar surface area (TPSA) is 91.5 Å². The predicted molar refractivity (Wildman–Crippen MR) is 120 cm³/mol. The van der Waals surface area contributed by atoms with Crippen LogP contribution in [0.2, 0.25) is 0 Å². The third kappa shape index (κ3) is 4.34. The molecule has 182 valence electrons. The second kappa shape index (κ2) is 8.26. The van der Waals surface area contributed by atoms with Crippen LogP contribution < -0.4 is 0 Å². The summed E-state index contributed by atoms with van der Waals surface area (Å²) in [7, 11) is 0. The Morgan fingerprint density at radius 3 is 2.47 bits per heavy atom. The molecule has 0 radical (unpaired) electrons. The van der Waals surface area contributed by atoms with E-state index in [0.717, 1.165) is 6.07 Å². The van der Waals surface area contributed by atoms with E-state index >= 15 is 0 Å². The summed E-state index contributed by atoms with van der Waals surface area (Å²) in [6.45, 7) is 8.33. The second-order valence-electron chi connectivity index (χ2n) is 9.34. The quantitative estimate of drug-likeness (QED) is 0.575. The number of phenolic OH excluding ortho intramolecular Hbond substituents is 1. The molecule has 0 saturated carbocycles. The Morgan fingerprint density at radius 1 is 1.21 bits per heavy atom. The molecule has 1 fully saturated rings. The smallest absolute Gasteiger partial charge is 0.416 e. The minimum absolute atomic E-state index is 0.0311. The van der Waals surface area contributed by atoms with E-state index in [9.17, 15) is 28.2 Å². The number of halogens is 3. The fourth-order valence-electron chi connectivity index (χ4n) is 4.72. The molecule has 1 atom stereocenters. The fraction of sp³-hybridized carbons (Fsp3) is 0.458. The highest BCUT2D eigenvalue weighted by molar-refractivity contribution is 5.83. The van der Waals surface area contributed by atoms with Crippen LogP contribution in [0.5, 0.6) is 5.75 Å². The molecule has 2 aromatic heterocycles. The number of hydrogen-bond acceptors (Lipinski definition) is 5. The van der Waals surface area contributed by atoms with Crippen molar-refractivity contribution in [2.24, 2.45) is 5.92 Å². The number of likely N-dealkylation sites (tertiary alicyclic amines) is 1. The lowest BCUT2D eigenvalue weighted by Crippen LogP contribution is -2.26. The number of fused-ring (bicyclic) bond motifs is 1. The van der Waals surface area contributed by atoms with Gasteiger partial charge in [0, 0.05) is 42.9 Å². The molecule has 0 aliphatic carbocycles. The Labute approximate surface area is 194 Å². The van der Waals surface area contributed by atoms with Crippen molar-refractivity contribution in [1.82, 2.24) is 19.7 Å². The van der Waals surface area contributed by atoms with Crippen LogP contribution in [0.15, 0.2) is 24.3 Å². The second-order valence-corrected chi connectivity index (χ2v) is 9.34. The van der Waals surface area contributed by atoms with E-state index in [2.05, 4.69) is 10.1 Å². The van der Waals surface area contributed by atoms with E-state index in [-0.39, 0.29) is 28.6 Å². The summed E-state index contributed by atoms with van der Waals surface area (Å²) in [6.07, 6.45) is -4.18. The largest absolute Gasteiger partial charge is 0.507 e. The number of alkyl halides is 3. The van der Waals surface area contributed by atoms with Gasteiger partial charge in [0.15, 0.2) is 5.65 Å². The van der Waals surface area contributed by atoms with Gasteiger partial charge in [0.2, 0.25) is 5.91 Å². The van der Waals surface area contributed by atoms with Crippen LogP contribution >= 0.6 is 0 Å². The lowest BCUT2D eigenvalue weighted by molar-refractivity contribution is -0.137. The van der Waals surface area contributed by atoms with Gasteiger partial charge in [-0.15, -0.1) is 0 Å². The maximum Gasteiger partial charge on any atom is 0.416 e. The Balaban J connectivity index is 1.78. The molecule has 1 aliphatic heterocycles. The van der Waals surface area contributed by atoms with Crippen molar-refractivity contribution in [3.05, 3.63) is 41.1 Å². The molecule has 0 unspecified atom stereocenters. The molecule has 1 saturated heterocycles. The van der Waals surface area contributed by atoms with E-state index in [1.165, 1.54) is 6.92 Å². The number of aryl methyl sites for hydroxylation is 1. The van der Waals surface area contributed by atoms with Crippen molar-refractivity contribution >= 4 is 16.9 Å². The van der Waals surface area contributed by atoms with Gasteiger partial charge in [-0.05, 0) is 57.5 Å². The number of aliphatic hydroxyl groups is 1. The van der Waals surface area contributed by atoms with Crippen LogP contribution in [0.1, 0.15) is 44.0 Å². The number of pyridine rings is 1. The van der Waals surface area contributed by atoms with E-state index in [1.54, 1.807) is 35.6 Å². The summed E-state index contributed by atoms with van der Waals surface area (Å²) in [4.78, 5) is 18.4. The Bertz CT molecular complexity index is 1240. The Morgan fingerprint density at radius 2 is 1.91 bits per heavy atom. The van der Waals surface area contributed by atoms with E-state index in [4.69, 9.17) is 0 Å². The fourth-order valence-corrected chi connectivity index (χ4v) is 4.72. The number of carbonyl (C=O) groups excluding carboxylic acids is 1. The van der Waals surface area contributed by atoms with Crippen molar-refractivity contribution in [3.8, 4) is 17.0 Å². The molecule has 1 amide bonds. The van der Waals surface area contributed by atoms with E-state index < -0.39 is 23.1 Å². The van der Waals surface area contributed by atoms with Crippen LogP contribution in [0.4, 0.5) is 13.2 Å². The number of phenols is 1. The van der Waals surface area contributed by atoms with Crippen molar-refractivity contribution < 1.29 is 28.2 Å². The first-order valence-electron chi connectivity index (χ1n) is 11.1. The first-order valence-corrected chi connectivity index (χ1v) is 11.1. The van der Waals surface area contributed by atoms with Crippen LogP contribution in [-0.4, -0.2) is 48.9 Å². The zero-order chi connectivity index (χ0) is 25.0. The van der Waals surface area contributed by atoms with Gasteiger partial charge in [-0.25, -0.2) is 4.98 Å². The highest BCUT2D eigenvalue weighted by Gasteiger charge is 2.34. The number of hydrogen-bond donors (Lipinski definition) is 2. The van der Waals surface area contributed by atoms with E-state index in [0.29, 0.717) is 48.8 Å². The average Bonchev–Trinajstić information content (AvgIpc) is 3.25. The lowest BCUT2D eigenvalue weighted by Gasteiger charge is -2.21. The molecule has 10 heteroatoms. The summed E-state index contributed by atoms with van der Waals surface area (Å²) in [5.41, 5.74) is -0.663. The van der Waals surface area contributed by atoms with Gasteiger partial charge < -0.3 is 15.1 Å². The summed E-state index contributed by atoms with van der Waals surface area (Å²) < 4.78 is 41.0. The number of rotatable bonds is 5. The first kappa shape index (κ1) is 24.0. The number of nitrogens with zero attached hydrogens (tertiary/aromatic N) is 4. The standard InChI is InChI=1S/C24H27F3N4O3/c1-5-30-11-14(9-19(30)33)12-31-21(23(3,4)34)16-6-7-17(28-22(16)29-31)20-13(2)8-15(10-18(20)32)24(25,26)27/h6-8,10,14,32,34H,5,9,11-12H2,1-4H3/t14-/m1/s1. The number of carbonyl (C=O) groups is 1. The minimum atomic E-state index is -4.58. The monoisotopic (exact) mass is 476 g/mol. The van der Waals surface area contributed by atoms with Gasteiger partial charge in [-0.3, -0.25) is 9.48 Å². The third-order valence-corrected chi connectivity index (χ3v) is 6.19. The van der Waals surface area contributed by atoms with Crippen molar-refractivity contribution in [2.45, 2.75) is 52.4 Å². The number of amides is 1. The molecule has 0 bridgehead atoms. The zero-order valence-electron chi connectivity index (χ0n) is 19.4. The molecule has 3 aromatic rings. The number of benzene rings is 1. The SMILES string of the molecule is CCN1C[C@H](Cn2nc3nc(-c4c(C)cc(C(F)(F)F)cc4O)ccc3c2C(C)(C)O)CC1=O. The maximum atomic E-state index is 13.1. The Hall–Kier alpha value is -3.14. The summed E-state index contributed by atoms with van der Waals surface area (Å²) >= 11 is 0. The first-order chi connectivity index (χ1) is 15.8. The van der Waals surface area contributed by atoms with Crippen LogP contribution in [0, 0.1) is 12.8 Å². The van der Waals surface area contributed by atoms with Crippen LogP contribution in [-0.2, 0) is 23.1 Å². The average molecular weight is 476 g/mol. The highest BCUT2D eigenvalue weighted by atomic mass is 19.4. The van der Waals surface area contributed by atoms with Gasteiger partial charge >= 0.3 is 6.18 Å². The van der Waals surface area contributed by atoms with Crippen LogP contribution in [0.25, 0.3) is 22.3 Å². The van der Waals surface area contributed by atoms with Crippen LogP contribution in [0.3, 0.4) is 0 Å². The lowest BCUT2D eigenvalue weighted by atomic mass is 9.98. The van der Waals surface area contributed by atoms with Crippen molar-refractivity contribution in [1.29, 1.82) is 0 Å². The molecular formula is C24H27F3N4O3. The molecule has 4 rings (SSSR count). The summed E-state index contributed by atoms with van der Waals surface area (Å²) in [5.74, 6) is -0.406. The molecule has 3 heterocycles. The van der Waals surface area contributed by atoms with Crippen molar-refractivity contribution in [3.63, 3.8) is 0 Å². The van der Waals surface area contributed by atoms with Gasteiger partial charge in [0.25, 0.3) is 0 Å². The van der Waals surface area contributed by atoms with E-state index in [1.807, 2.05) is 6.92 Å². The number of aromatic hydroxyl groups is 1. The highest BCUT2D eigenvalue weighted by Crippen LogP contribution is 2.39. The normalized spacial score (nSPS) is 17.2. The molecule has 0 spiro atoms. The zero-order valence-corrected chi connectivity index (χ0v) is 19.4. The van der Waals surface area contributed by atoms with Gasteiger partial charge in [-0.2, -0.15) is 18.3 Å². The molecule has 2 N–H and O–H groups in total. The molecule has 7 nitrogen and oxygen atoms in total. The third-order valence-electron chi connectivity index (χ3n) is 6.19. The molecule has 34 heavy (non-hydrogen) atoms. The molecule has 1 aliphatic rings. The number of aromatic nitrogens is 3. The molecular weight excluding hydrogens is 449 g/mol. The van der Waals surface area contributed by atoms with Gasteiger partial charge in [-0.1, -0.05) is 0 Å². The maximum absolute atomic E-state index is 13.1. The summed E-state index contributed by atoms with van der Waals surface area (Å²) in [6, 6.07) is 4.95. The van der Waals surface area contributed by atoms with Gasteiger partial charge in [0.1, 0.15) is 11.4 Å². The molecule has 1 aromatic carbocycles. The summed E-state index contributed by atoms with van der Waals surface area (Å²) in [5, 5.41) is 26.4. The minimum Gasteiger partial charge on any atom is -0.507 e. The Kier molecular flexibility index (Phi) is 5.83. The van der Waals surface area contributed by atoms with Crippen molar-refractivity contribution in [2.75, 3.05) is 13.1 Å². The van der Waals surface area contributed by atoms with Gasteiger partial charge in [0.05, 0.1) is 17.0 Å².